The highest BCUT2D eigenvalue weighted by molar-refractivity contribution is 9.10. The normalized spacial score (nSPS) is 39.5. The number of hydrogen-bond acceptors (Lipinski definition) is 1. The Morgan fingerprint density at radius 1 is 1.04 bits per heavy atom. The van der Waals surface area contributed by atoms with E-state index in [2.05, 4.69) is 39.4 Å². The van der Waals surface area contributed by atoms with E-state index in [1.54, 1.807) is 0 Å². The number of amides is 1. The average molecular weight is 388 g/mol. The third-order valence-corrected chi connectivity index (χ3v) is 8.05. The number of fused-ring (bicyclic) bond motifs is 1. The van der Waals surface area contributed by atoms with Gasteiger partial charge in [0.1, 0.15) is 0 Å². The fourth-order valence-electron chi connectivity index (χ4n) is 6.50. The number of carbonyl (C=O) groups excluding carboxylic acids is 1. The lowest BCUT2D eigenvalue weighted by atomic mass is 9.54. The zero-order chi connectivity index (χ0) is 16.3. The molecule has 1 aromatic carbocycles. The molecule has 4 fully saturated rings. The predicted octanol–water partition coefficient (Wildman–Crippen LogP) is 4.81. The van der Waals surface area contributed by atoms with Crippen LogP contribution in [0.3, 0.4) is 0 Å². The first kappa shape index (κ1) is 15.4. The van der Waals surface area contributed by atoms with Crippen molar-refractivity contribution in [1.82, 2.24) is 5.32 Å². The largest absolute Gasteiger partial charge is 0.352 e. The fourth-order valence-corrected chi connectivity index (χ4v) is 7.08. The van der Waals surface area contributed by atoms with Crippen LogP contribution in [0.1, 0.15) is 62.0 Å². The monoisotopic (exact) mass is 387 g/mol. The second kappa shape index (κ2) is 5.86. The maximum atomic E-state index is 13.1. The molecule has 128 valence electrons. The SMILES string of the molecule is O=C(NC1C2CC3CC(C2)CC1C3)C1CCCc2c(Br)cccc21. The van der Waals surface area contributed by atoms with E-state index in [1.807, 2.05) is 0 Å². The molecule has 6 rings (SSSR count). The summed E-state index contributed by atoms with van der Waals surface area (Å²) in [4.78, 5) is 13.1. The van der Waals surface area contributed by atoms with Gasteiger partial charge in [0.15, 0.2) is 0 Å². The van der Waals surface area contributed by atoms with E-state index >= 15 is 0 Å². The van der Waals surface area contributed by atoms with Crippen LogP contribution >= 0.6 is 15.9 Å². The lowest BCUT2D eigenvalue weighted by Gasteiger charge is -2.54. The summed E-state index contributed by atoms with van der Waals surface area (Å²) in [6.07, 6.45) is 10.2. The molecule has 5 aliphatic rings. The number of hydrogen-bond donors (Lipinski definition) is 1. The quantitative estimate of drug-likeness (QED) is 0.774. The highest BCUT2D eigenvalue weighted by Gasteiger charge is 2.49. The summed E-state index contributed by atoms with van der Waals surface area (Å²) in [5, 5.41) is 3.54. The molecule has 2 nitrogen and oxygen atoms in total. The molecule has 4 saturated carbocycles. The van der Waals surface area contributed by atoms with Crippen LogP contribution in [0, 0.1) is 23.7 Å². The summed E-state index contributed by atoms with van der Waals surface area (Å²) in [6.45, 7) is 0. The average Bonchev–Trinajstić information content (AvgIpc) is 2.57. The van der Waals surface area contributed by atoms with Crippen molar-refractivity contribution in [2.24, 2.45) is 23.7 Å². The molecule has 5 aliphatic carbocycles. The van der Waals surface area contributed by atoms with Crippen molar-refractivity contribution in [3.63, 3.8) is 0 Å². The summed E-state index contributed by atoms with van der Waals surface area (Å²) in [5.41, 5.74) is 2.62. The maximum absolute atomic E-state index is 13.1. The summed E-state index contributed by atoms with van der Waals surface area (Å²) < 4.78 is 1.17. The van der Waals surface area contributed by atoms with E-state index in [4.69, 9.17) is 0 Å². The van der Waals surface area contributed by atoms with Crippen molar-refractivity contribution in [2.45, 2.75) is 63.3 Å². The van der Waals surface area contributed by atoms with Gasteiger partial charge >= 0.3 is 0 Å². The minimum Gasteiger partial charge on any atom is -0.352 e. The molecule has 0 radical (unpaired) electrons. The van der Waals surface area contributed by atoms with Gasteiger partial charge in [-0.25, -0.2) is 0 Å². The minimum absolute atomic E-state index is 0.0587. The van der Waals surface area contributed by atoms with Crippen LogP contribution in [-0.4, -0.2) is 11.9 Å². The second-order valence-corrected chi connectivity index (χ2v) is 9.57. The van der Waals surface area contributed by atoms with Gasteiger partial charge in [0, 0.05) is 10.5 Å². The lowest BCUT2D eigenvalue weighted by molar-refractivity contribution is -0.126. The van der Waals surface area contributed by atoms with Crippen molar-refractivity contribution < 1.29 is 4.79 Å². The van der Waals surface area contributed by atoms with Crippen LogP contribution in [0.25, 0.3) is 0 Å². The Hall–Kier alpha value is -0.830. The van der Waals surface area contributed by atoms with E-state index in [9.17, 15) is 4.79 Å². The van der Waals surface area contributed by atoms with Gasteiger partial charge in [-0.1, -0.05) is 28.1 Å². The van der Waals surface area contributed by atoms with Gasteiger partial charge in [-0.15, -0.1) is 0 Å². The topological polar surface area (TPSA) is 29.1 Å². The van der Waals surface area contributed by atoms with Gasteiger partial charge < -0.3 is 5.32 Å². The molecule has 1 amide bonds. The van der Waals surface area contributed by atoms with Crippen LogP contribution in [0.15, 0.2) is 22.7 Å². The summed E-state index contributed by atoms with van der Waals surface area (Å²) in [7, 11) is 0. The third-order valence-electron chi connectivity index (χ3n) is 7.30. The van der Waals surface area contributed by atoms with Crippen molar-refractivity contribution in [2.75, 3.05) is 0 Å². The van der Waals surface area contributed by atoms with Crippen LogP contribution in [0.4, 0.5) is 0 Å². The Morgan fingerprint density at radius 2 is 1.75 bits per heavy atom. The summed E-state index contributed by atoms with van der Waals surface area (Å²) in [5.74, 6) is 3.81. The third kappa shape index (κ3) is 2.46. The smallest absolute Gasteiger partial charge is 0.227 e. The molecule has 1 atom stereocenters. The molecule has 3 heteroatoms. The first-order valence-corrected chi connectivity index (χ1v) is 10.6. The number of rotatable bonds is 2. The molecule has 0 aromatic heterocycles. The molecule has 0 aliphatic heterocycles. The highest BCUT2D eigenvalue weighted by Crippen LogP contribution is 2.53. The molecule has 1 aromatic rings. The minimum atomic E-state index is 0.0587. The standard InChI is InChI=1S/C21H26BrNO/c22-19-6-2-3-16-17(19)4-1-5-18(16)21(24)23-20-14-8-12-7-13(10-14)11-15(20)9-12/h2-3,6,12-15,18,20H,1,4-5,7-11H2,(H,23,24). The Kier molecular flexibility index (Phi) is 3.77. The van der Waals surface area contributed by atoms with E-state index < -0.39 is 0 Å². The van der Waals surface area contributed by atoms with Crippen molar-refractivity contribution in [3.05, 3.63) is 33.8 Å². The van der Waals surface area contributed by atoms with E-state index in [1.165, 1.54) is 47.7 Å². The van der Waals surface area contributed by atoms with Crippen LogP contribution in [-0.2, 0) is 11.2 Å². The van der Waals surface area contributed by atoms with Crippen molar-refractivity contribution in [3.8, 4) is 0 Å². The predicted molar refractivity (Wildman–Crippen MR) is 98.8 cm³/mol. The zero-order valence-electron chi connectivity index (χ0n) is 14.1. The summed E-state index contributed by atoms with van der Waals surface area (Å²) >= 11 is 3.68. The first-order valence-electron chi connectivity index (χ1n) is 9.76. The number of carbonyl (C=O) groups is 1. The number of benzene rings is 1. The molecular weight excluding hydrogens is 362 g/mol. The van der Waals surface area contributed by atoms with Crippen molar-refractivity contribution in [1.29, 1.82) is 0 Å². The molecule has 0 heterocycles. The Balaban J connectivity index is 1.36. The molecule has 1 N–H and O–H groups in total. The van der Waals surface area contributed by atoms with Crippen LogP contribution < -0.4 is 5.32 Å². The zero-order valence-corrected chi connectivity index (χ0v) is 15.7. The maximum Gasteiger partial charge on any atom is 0.227 e. The van der Waals surface area contributed by atoms with Gasteiger partial charge in [-0.05, 0) is 92.2 Å². The van der Waals surface area contributed by atoms with E-state index in [0.717, 1.165) is 42.9 Å². The Labute approximate surface area is 152 Å². The van der Waals surface area contributed by atoms with Crippen LogP contribution in [0.2, 0.25) is 0 Å². The lowest BCUT2D eigenvalue weighted by Crippen LogP contribution is -2.56. The molecule has 0 saturated heterocycles. The van der Waals surface area contributed by atoms with Gasteiger partial charge in [-0.2, -0.15) is 0 Å². The van der Waals surface area contributed by atoms with Gasteiger partial charge in [0.05, 0.1) is 5.92 Å². The van der Waals surface area contributed by atoms with Gasteiger partial charge in [-0.3, -0.25) is 4.79 Å². The first-order chi connectivity index (χ1) is 11.7. The highest BCUT2D eigenvalue weighted by atomic mass is 79.9. The Morgan fingerprint density at radius 3 is 2.46 bits per heavy atom. The van der Waals surface area contributed by atoms with Crippen LogP contribution in [0.5, 0.6) is 0 Å². The fraction of sp³-hybridized carbons (Fsp3) is 0.667. The van der Waals surface area contributed by atoms with E-state index in [0.29, 0.717) is 11.9 Å². The Bertz CT molecular complexity index is 642. The summed E-state index contributed by atoms with van der Waals surface area (Å²) in [6, 6.07) is 6.82. The molecule has 1 unspecified atom stereocenters. The molecule has 4 bridgehead atoms. The van der Waals surface area contributed by atoms with E-state index in [-0.39, 0.29) is 5.92 Å². The second-order valence-electron chi connectivity index (χ2n) is 8.72. The number of nitrogens with one attached hydrogen (secondary N) is 1. The van der Waals surface area contributed by atoms with Gasteiger partial charge in [0.25, 0.3) is 0 Å². The van der Waals surface area contributed by atoms with Gasteiger partial charge in [0.2, 0.25) is 5.91 Å². The molecular formula is C21H26BrNO. The molecule has 0 spiro atoms. The van der Waals surface area contributed by atoms with Crippen molar-refractivity contribution >= 4 is 21.8 Å². The molecule has 24 heavy (non-hydrogen) atoms. The number of halogens is 1.